The molecule has 1 aliphatic rings. The third-order valence-electron chi connectivity index (χ3n) is 2.72. The Labute approximate surface area is 95.2 Å². The van der Waals surface area contributed by atoms with E-state index >= 15 is 0 Å². The molecule has 1 rings (SSSR count). The summed E-state index contributed by atoms with van der Waals surface area (Å²) < 4.78 is 5.48. The van der Waals surface area contributed by atoms with Crippen LogP contribution in [-0.2, 0) is 14.3 Å². The Hall–Kier alpha value is -1.10. The molecule has 0 aromatic carbocycles. The van der Waals surface area contributed by atoms with Gasteiger partial charge in [-0.05, 0) is 32.6 Å². The fourth-order valence-electron chi connectivity index (χ4n) is 1.70. The van der Waals surface area contributed by atoms with Crippen molar-refractivity contribution in [1.82, 2.24) is 5.32 Å². The minimum absolute atomic E-state index is 0.166. The molecule has 0 spiro atoms. The number of amides is 1. The molecule has 0 aliphatic carbocycles. The maximum Gasteiger partial charge on any atom is 0.325 e. The molecule has 0 aromatic heterocycles. The van der Waals surface area contributed by atoms with Crippen LogP contribution in [0.4, 0.5) is 0 Å². The Bertz CT molecular complexity index is 248. The Balaban J connectivity index is 2.16. The summed E-state index contributed by atoms with van der Waals surface area (Å²) in [6.07, 6.45) is 4.43. The summed E-state index contributed by atoms with van der Waals surface area (Å²) in [5.74, 6) is -1.23. The van der Waals surface area contributed by atoms with Gasteiger partial charge in [0.05, 0.1) is 6.10 Å². The fraction of sp³-hybridized carbons (Fsp3) is 0.818. The second kappa shape index (κ2) is 6.48. The van der Waals surface area contributed by atoms with Crippen LogP contribution in [0.5, 0.6) is 0 Å². The number of nitrogens with one attached hydrogen (secondary N) is 1. The van der Waals surface area contributed by atoms with E-state index in [0.29, 0.717) is 12.8 Å². The van der Waals surface area contributed by atoms with E-state index in [-0.39, 0.29) is 12.0 Å². The molecule has 1 amide bonds. The van der Waals surface area contributed by atoms with Gasteiger partial charge in [-0.25, -0.2) is 0 Å². The average molecular weight is 229 g/mol. The molecule has 1 heterocycles. The van der Waals surface area contributed by atoms with Crippen molar-refractivity contribution in [3.8, 4) is 0 Å². The summed E-state index contributed by atoms with van der Waals surface area (Å²) in [4.78, 5) is 21.9. The van der Waals surface area contributed by atoms with Gasteiger partial charge in [-0.15, -0.1) is 0 Å². The van der Waals surface area contributed by atoms with Crippen LogP contribution in [0.3, 0.4) is 0 Å². The maximum atomic E-state index is 11.4. The predicted molar refractivity (Wildman–Crippen MR) is 58.1 cm³/mol. The second-order valence-electron chi connectivity index (χ2n) is 4.15. The molecule has 1 fully saturated rings. The first-order chi connectivity index (χ1) is 7.59. The van der Waals surface area contributed by atoms with E-state index in [4.69, 9.17) is 9.84 Å². The van der Waals surface area contributed by atoms with Crippen molar-refractivity contribution in [2.24, 2.45) is 0 Å². The van der Waals surface area contributed by atoms with Gasteiger partial charge in [-0.2, -0.15) is 0 Å². The monoisotopic (exact) mass is 229 g/mol. The molecule has 92 valence electrons. The highest BCUT2D eigenvalue weighted by Crippen LogP contribution is 2.16. The van der Waals surface area contributed by atoms with Crippen molar-refractivity contribution in [3.63, 3.8) is 0 Å². The van der Waals surface area contributed by atoms with Gasteiger partial charge in [-0.1, -0.05) is 0 Å². The smallest absolute Gasteiger partial charge is 0.325 e. The van der Waals surface area contributed by atoms with Crippen LogP contribution in [-0.4, -0.2) is 35.7 Å². The van der Waals surface area contributed by atoms with Crippen LogP contribution in [0.1, 0.15) is 39.0 Å². The van der Waals surface area contributed by atoms with E-state index in [1.165, 1.54) is 6.92 Å². The molecule has 5 nitrogen and oxygen atoms in total. The van der Waals surface area contributed by atoms with Gasteiger partial charge >= 0.3 is 5.97 Å². The quantitative estimate of drug-likeness (QED) is 0.735. The molecule has 0 radical (unpaired) electrons. The molecule has 5 heteroatoms. The zero-order valence-corrected chi connectivity index (χ0v) is 9.57. The van der Waals surface area contributed by atoms with E-state index in [9.17, 15) is 9.59 Å². The van der Waals surface area contributed by atoms with Gasteiger partial charge in [0.25, 0.3) is 0 Å². The number of hydrogen-bond donors (Lipinski definition) is 2. The summed E-state index contributed by atoms with van der Waals surface area (Å²) >= 11 is 0. The fourth-order valence-corrected chi connectivity index (χ4v) is 1.70. The molecule has 1 saturated heterocycles. The van der Waals surface area contributed by atoms with E-state index in [2.05, 4.69) is 5.32 Å². The van der Waals surface area contributed by atoms with Gasteiger partial charge in [0, 0.05) is 13.0 Å². The number of carbonyl (C=O) groups is 2. The van der Waals surface area contributed by atoms with Gasteiger partial charge in [0.15, 0.2) is 0 Å². The number of rotatable bonds is 5. The summed E-state index contributed by atoms with van der Waals surface area (Å²) in [5, 5.41) is 11.0. The average Bonchev–Trinajstić information content (AvgIpc) is 2.27. The van der Waals surface area contributed by atoms with Crippen molar-refractivity contribution < 1.29 is 19.4 Å². The minimum atomic E-state index is -1.01. The standard InChI is InChI=1S/C11H19NO4/c1-8(11(14)15)12-10(13)6-5-9-4-2-3-7-16-9/h8-9H,2-7H2,1H3,(H,12,13)(H,14,15)/t8-,9?/m0/s1. The molecule has 1 unspecified atom stereocenters. The predicted octanol–water partition coefficient (Wildman–Crippen LogP) is 0.925. The van der Waals surface area contributed by atoms with E-state index in [1.807, 2.05) is 0 Å². The molecule has 2 N–H and O–H groups in total. The van der Waals surface area contributed by atoms with Crippen LogP contribution < -0.4 is 5.32 Å². The van der Waals surface area contributed by atoms with Crippen LogP contribution in [0.25, 0.3) is 0 Å². The van der Waals surface area contributed by atoms with Crippen molar-refractivity contribution in [2.75, 3.05) is 6.61 Å². The number of hydrogen-bond acceptors (Lipinski definition) is 3. The van der Waals surface area contributed by atoms with Gasteiger partial charge in [0.1, 0.15) is 6.04 Å². The van der Waals surface area contributed by atoms with Crippen LogP contribution in [0.15, 0.2) is 0 Å². The van der Waals surface area contributed by atoms with Crippen molar-refractivity contribution in [2.45, 2.75) is 51.2 Å². The SMILES string of the molecule is C[C@H](NC(=O)CCC1CCCCO1)C(=O)O. The lowest BCUT2D eigenvalue weighted by atomic mass is 10.0. The summed E-state index contributed by atoms with van der Waals surface area (Å²) in [5.41, 5.74) is 0. The molecule has 0 saturated carbocycles. The molecule has 2 atom stereocenters. The Morgan fingerprint density at radius 2 is 2.25 bits per heavy atom. The topological polar surface area (TPSA) is 75.6 Å². The van der Waals surface area contributed by atoms with E-state index in [1.54, 1.807) is 0 Å². The van der Waals surface area contributed by atoms with Gasteiger partial charge in [0.2, 0.25) is 5.91 Å². The van der Waals surface area contributed by atoms with Gasteiger partial charge in [-0.3, -0.25) is 9.59 Å². The highest BCUT2D eigenvalue weighted by molar-refractivity contribution is 5.83. The van der Waals surface area contributed by atoms with Crippen LogP contribution >= 0.6 is 0 Å². The van der Waals surface area contributed by atoms with Crippen molar-refractivity contribution >= 4 is 11.9 Å². The second-order valence-corrected chi connectivity index (χ2v) is 4.15. The Morgan fingerprint density at radius 1 is 1.50 bits per heavy atom. The van der Waals surface area contributed by atoms with Crippen LogP contribution in [0.2, 0.25) is 0 Å². The Kier molecular flexibility index (Phi) is 5.25. The van der Waals surface area contributed by atoms with E-state index < -0.39 is 12.0 Å². The van der Waals surface area contributed by atoms with Crippen molar-refractivity contribution in [1.29, 1.82) is 0 Å². The lowest BCUT2D eigenvalue weighted by Crippen LogP contribution is -2.38. The maximum absolute atomic E-state index is 11.4. The number of carbonyl (C=O) groups excluding carboxylic acids is 1. The molecule has 0 bridgehead atoms. The zero-order chi connectivity index (χ0) is 12.0. The lowest BCUT2D eigenvalue weighted by Gasteiger charge is -2.22. The molecule has 16 heavy (non-hydrogen) atoms. The minimum Gasteiger partial charge on any atom is -0.480 e. The van der Waals surface area contributed by atoms with Gasteiger partial charge < -0.3 is 15.2 Å². The van der Waals surface area contributed by atoms with E-state index in [0.717, 1.165) is 25.9 Å². The van der Waals surface area contributed by atoms with Crippen LogP contribution in [0, 0.1) is 0 Å². The first-order valence-electron chi connectivity index (χ1n) is 5.73. The third kappa shape index (κ3) is 4.61. The molecule has 0 aromatic rings. The number of aliphatic carboxylic acids is 1. The number of carboxylic acids is 1. The summed E-state index contributed by atoms with van der Waals surface area (Å²) in [6.45, 7) is 2.23. The molecule has 1 aliphatic heterocycles. The zero-order valence-electron chi connectivity index (χ0n) is 9.57. The summed E-state index contributed by atoms with van der Waals surface area (Å²) in [6, 6.07) is -0.820. The molecular formula is C11H19NO4. The highest BCUT2D eigenvalue weighted by atomic mass is 16.5. The first-order valence-corrected chi connectivity index (χ1v) is 5.73. The number of carboxylic acid groups (broad SMARTS) is 1. The lowest BCUT2D eigenvalue weighted by molar-refractivity contribution is -0.141. The summed E-state index contributed by atoms with van der Waals surface area (Å²) in [7, 11) is 0. The highest BCUT2D eigenvalue weighted by Gasteiger charge is 2.17. The molecular weight excluding hydrogens is 210 g/mol. The third-order valence-corrected chi connectivity index (χ3v) is 2.72. The van der Waals surface area contributed by atoms with Crippen molar-refractivity contribution in [3.05, 3.63) is 0 Å². The first kappa shape index (κ1) is 13.0. The number of ether oxygens (including phenoxy) is 1. The normalized spacial score (nSPS) is 22.4. The Morgan fingerprint density at radius 3 is 2.81 bits per heavy atom. The largest absolute Gasteiger partial charge is 0.480 e.